The van der Waals surface area contributed by atoms with Gasteiger partial charge in [-0.25, -0.2) is 9.78 Å². The molecule has 0 fully saturated rings. The van der Waals surface area contributed by atoms with Crippen molar-refractivity contribution in [2.75, 3.05) is 21.3 Å². The van der Waals surface area contributed by atoms with Crippen LogP contribution >= 0.6 is 11.3 Å². The van der Waals surface area contributed by atoms with Crippen LogP contribution in [0.2, 0.25) is 0 Å². The molecule has 2 heterocycles. The highest BCUT2D eigenvalue weighted by molar-refractivity contribution is 7.13. The van der Waals surface area contributed by atoms with E-state index in [1.165, 1.54) is 44.8 Å². The van der Waals surface area contributed by atoms with Crippen LogP contribution in [-0.4, -0.2) is 48.9 Å². The number of thiazole rings is 1. The highest BCUT2D eigenvalue weighted by atomic mass is 32.1. The summed E-state index contributed by atoms with van der Waals surface area (Å²) in [4.78, 5) is 46.1. The number of aromatic nitrogens is 1. The van der Waals surface area contributed by atoms with Gasteiger partial charge in [-0.2, -0.15) is 0 Å². The Hall–Kier alpha value is -4.38. The summed E-state index contributed by atoms with van der Waals surface area (Å²) in [6.45, 7) is 3.43. The molecule has 0 radical (unpaired) electrons. The minimum atomic E-state index is -0.845. The third-order valence-electron chi connectivity index (χ3n) is 6.39. The van der Waals surface area contributed by atoms with E-state index in [1.54, 1.807) is 25.3 Å². The lowest BCUT2D eigenvalue weighted by molar-refractivity contribution is -0.385. The minimum Gasteiger partial charge on any atom is -0.490 e. The predicted octanol–water partition coefficient (Wildman–Crippen LogP) is 5.19. The average Bonchev–Trinajstić information content (AvgIpc) is 3.41. The number of ether oxygens (including phenoxy) is 3. The Bertz CT molecular complexity index is 1490. The molecular weight excluding hydrogens is 510 g/mol. The first kappa shape index (κ1) is 26.7. The molecule has 1 aromatic heterocycles. The van der Waals surface area contributed by atoms with Crippen molar-refractivity contribution >= 4 is 34.7 Å². The molecule has 0 saturated carbocycles. The van der Waals surface area contributed by atoms with Crippen molar-refractivity contribution in [2.45, 2.75) is 19.8 Å². The predicted molar refractivity (Wildman–Crippen MR) is 142 cm³/mol. The lowest BCUT2D eigenvalue weighted by atomic mass is 9.74. The van der Waals surface area contributed by atoms with Gasteiger partial charge in [-0.05, 0) is 31.5 Å². The first-order valence-electron chi connectivity index (χ1n) is 11.5. The monoisotopic (exact) mass is 535 g/mol. The average molecular weight is 536 g/mol. The second-order valence-corrected chi connectivity index (χ2v) is 9.35. The van der Waals surface area contributed by atoms with Crippen LogP contribution in [0.1, 0.15) is 25.3 Å². The third kappa shape index (κ3) is 4.80. The second-order valence-electron chi connectivity index (χ2n) is 8.49. The zero-order valence-corrected chi connectivity index (χ0v) is 22.2. The van der Waals surface area contributed by atoms with E-state index < -0.39 is 28.7 Å². The van der Waals surface area contributed by atoms with Crippen LogP contribution in [0.3, 0.4) is 0 Å². The van der Waals surface area contributed by atoms with E-state index in [0.717, 1.165) is 0 Å². The summed E-state index contributed by atoms with van der Waals surface area (Å²) in [6.07, 6.45) is 0. The SMILES string of the molecule is COC(=O)C1=C(C)N=C(C)C(C(=O)OC)C1c1ccccc1-c1nc(-c2ccc(OC)c([N+](=O)[O-])c2)cs1. The van der Waals surface area contributed by atoms with Gasteiger partial charge in [0.2, 0.25) is 0 Å². The van der Waals surface area contributed by atoms with E-state index in [4.69, 9.17) is 19.2 Å². The Labute approximate surface area is 222 Å². The summed E-state index contributed by atoms with van der Waals surface area (Å²) < 4.78 is 15.3. The van der Waals surface area contributed by atoms with Gasteiger partial charge in [0.1, 0.15) is 10.9 Å². The molecule has 196 valence electrons. The molecule has 0 aliphatic carbocycles. The first-order chi connectivity index (χ1) is 18.2. The smallest absolute Gasteiger partial charge is 0.336 e. The summed E-state index contributed by atoms with van der Waals surface area (Å²) in [5, 5.41) is 13.9. The molecule has 0 N–H and O–H groups in total. The van der Waals surface area contributed by atoms with Crippen molar-refractivity contribution in [1.82, 2.24) is 4.98 Å². The molecule has 0 spiro atoms. The van der Waals surface area contributed by atoms with Gasteiger partial charge in [-0.3, -0.25) is 19.9 Å². The summed E-state index contributed by atoms with van der Waals surface area (Å²) in [5.41, 5.74) is 3.55. The molecule has 0 saturated heterocycles. The quantitative estimate of drug-likeness (QED) is 0.230. The number of aliphatic imine (C=N–C) groups is 1. The molecular formula is C27H25N3O7S. The van der Waals surface area contributed by atoms with Crippen molar-refractivity contribution in [3.05, 3.63) is 74.8 Å². The van der Waals surface area contributed by atoms with Gasteiger partial charge in [-0.1, -0.05) is 24.3 Å². The van der Waals surface area contributed by atoms with Crippen molar-refractivity contribution in [3.63, 3.8) is 0 Å². The number of carbonyl (C=O) groups excluding carboxylic acids is 2. The normalized spacial score (nSPS) is 17.0. The van der Waals surface area contributed by atoms with E-state index in [1.807, 2.05) is 24.3 Å². The van der Waals surface area contributed by atoms with Gasteiger partial charge >= 0.3 is 17.6 Å². The number of esters is 2. The zero-order valence-electron chi connectivity index (χ0n) is 21.4. The summed E-state index contributed by atoms with van der Waals surface area (Å²) in [5.74, 6) is -2.52. The number of nitro groups is 1. The Balaban J connectivity index is 1.86. The molecule has 0 bridgehead atoms. The van der Waals surface area contributed by atoms with Gasteiger partial charge < -0.3 is 14.2 Å². The number of allylic oxidation sites excluding steroid dienone is 1. The molecule has 2 atom stereocenters. The number of carbonyl (C=O) groups is 2. The topological polar surface area (TPSA) is 130 Å². The van der Waals surface area contributed by atoms with Crippen LogP contribution in [-0.2, 0) is 19.1 Å². The van der Waals surface area contributed by atoms with Gasteiger partial charge in [-0.15, -0.1) is 11.3 Å². The van der Waals surface area contributed by atoms with Crippen molar-refractivity contribution in [1.29, 1.82) is 0 Å². The fourth-order valence-electron chi connectivity index (χ4n) is 4.67. The van der Waals surface area contributed by atoms with Crippen LogP contribution in [0.15, 0.2) is 64.1 Å². The molecule has 11 heteroatoms. The van der Waals surface area contributed by atoms with E-state index in [9.17, 15) is 19.7 Å². The van der Waals surface area contributed by atoms with Crippen molar-refractivity contribution in [3.8, 4) is 27.6 Å². The highest BCUT2D eigenvalue weighted by Crippen LogP contribution is 2.44. The van der Waals surface area contributed by atoms with Crippen molar-refractivity contribution < 1.29 is 28.7 Å². The maximum Gasteiger partial charge on any atom is 0.336 e. The van der Waals surface area contributed by atoms with E-state index in [-0.39, 0.29) is 17.0 Å². The second kappa shape index (κ2) is 10.9. The van der Waals surface area contributed by atoms with Crippen LogP contribution < -0.4 is 4.74 Å². The van der Waals surface area contributed by atoms with Gasteiger partial charge in [0.25, 0.3) is 0 Å². The fraction of sp³-hybridized carbons (Fsp3) is 0.259. The number of benzene rings is 2. The molecule has 1 aliphatic rings. The number of hydrogen-bond acceptors (Lipinski definition) is 10. The minimum absolute atomic E-state index is 0.153. The van der Waals surface area contributed by atoms with Gasteiger partial charge in [0, 0.05) is 39.9 Å². The number of nitro benzene ring substituents is 1. The van der Waals surface area contributed by atoms with Crippen molar-refractivity contribution in [2.24, 2.45) is 10.9 Å². The maximum absolute atomic E-state index is 12.9. The van der Waals surface area contributed by atoms with Crippen LogP contribution in [0.5, 0.6) is 5.75 Å². The van der Waals surface area contributed by atoms with E-state index in [2.05, 4.69) is 4.99 Å². The molecule has 2 aromatic carbocycles. The summed E-state index contributed by atoms with van der Waals surface area (Å²) in [7, 11) is 3.95. The Kier molecular flexibility index (Phi) is 7.67. The van der Waals surface area contributed by atoms with Gasteiger partial charge in [0.05, 0.1) is 37.5 Å². The van der Waals surface area contributed by atoms with Crippen LogP contribution in [0.25, 0.3) is 21.8 Å². The van der Waals surface area contributed by atoms with Gasteiger partial charge in [0.15, 0.2) is 5.75 Å². The highest BCUT2D eigenvalue weighted by Gasteiger charge is 2.43. The Morgan fingerprint density at radius 3 is 2.45 bits per heavy atom. The lowest BCUT2D eigenvalue weighted by Crippen LogP contribution is -2.36. The summed E-state index contributed by atoms with van der Waals surface area (Å²) >= 11 is 1.34. The summed E-state index contributed by atoms with van der Waals surface area (Å²) in [6, 6.07) is 12.0. The van der Waals surface area contributed by atoms with Crippen LogP contribution in [0, 0.1) is 16.0 Å². The number of rotatable bonds is 7. The Morgan fingerprint density at radius 1 is 1.05 bits per heavy atom. The Morgan fingerprint density at radius 2 is 1.79 bits per heavy atom. The molecule has 38 heavy (non-hydrogen) atoms. The fourth-order valence-corrected chi connectivity index (χ4v) is 5.54. The largest absolute Gasteiger partial charge is 0.490 e. The zero-order chi connectivity index (χ0) is 27.6. The first-order valence-corrected chi connectivity index (χ1v) is 12.4. The molecule has 10 nitrogen and oxygen atoms in total. The number of methoxy groups -OCH3 is 3. The molecule has 4 rings (SSSR count). The molecule has 3 aromatic rings. The van der Waals surface area contributed by atoms with E-state index >= 15 is 0 Å². The van der Waals surface area contributed by atoms with Crippen LogP contribution in [0.4, 0.5) is 5.69 Å². The van der Waals surface area contributed by atoms with E-state index in [0.29, 0.717) is 38.8 Å². The molecule has 2 unspecified atom stereocenters. The third-order valence-corrected chi connectivity index (χ3v) is 7.27. The lowest BCUT2D eigenvalue weighted by Gasteiger charge is -2.32. The maximum atomic E-state index is 12.9. The molecule has 0 amide bonds. The standard InChI is InChI=1S/C27H25N3O7S/c1-14-22(26(31)36-4)24(23(15(2)28-14)27(32)37-5)17-8-6-7-9-18(17)25-29-19(13-38-25)16-10-11-21(35-3)20(12-16)30(33)34/h6-13,22,24H,1-5H3. The molecule has 1 aliphatic heterocycles. The number of nitrogens with zero attached hydrogens (tertiary/aromatic N) is 3. The number of hydrogen-bond donors (Lipinski definition) is 0.